The Morgan fingerprint density at radius 1 is 1.19 bits per heavy atom. The highest BCUT2D eigenvalue weighted by Gasteiger charge is 2.46. The van der Waals surface area contributed by atoms with Crippen LogP contribution in [0.1, 0.15) is 59.2 Å². The Bertz CT molecular complexity index is 1760. The second-order valence-electron chi connectivity index (χ2n) is 11.9. The van der Waals surface area contributed by atoms with Gasteiger partial charge in [-0.1, -0.05) is 6.92 Å². The van der Waals surface area contributed by atoms with Gasteiger partial charge < -0.3 is 29.7 Å². The molecule has 1 saturated heterocycles. The van der Waals surface area contributed by atoms with Gasteiger partial charge in [0.15, 0.2) is 5.60 Å². The molecule has 0 bridgehead atoms. The quantitative estimate of drug-likeness (QED) is 0.306. The number of urea groups is 1. The molecule has 7 rings (SSSR count). The van der Waals surface area contributed by atoms with E-state index in [0.29, 0.717) is 68.0 Å². The van der Waals surface area contributed by atoms with E-state index in [4.69, 9.17) is 9.72 Å². The molecule has 1 aromatic carbocycles. The SMILES string of the molecule is CC[C@@]1(O)C(=O)OCc2c1cc1n(c2=O)Cc2c-1nc1cc(F)c(C)c3c1c2[C@@H](NC(=O)N1CCN(CCO)CC1)CC3. The second-order valence-corrected chi connectivity index (χ2v) is 11.9. The standard InChI is InChI=1S/C31H34FN5O6/c1-3-31(42)20-12-24-27-18(14-37(24)28(39)19(20)15-43-29(31)40)26-22(34-30(41)36-8-6-35(7-9-36)10-11-38)5-4-17-16(2)21(32)13-23(33-27)25(17)26/h12-13,22,38,42H,3-11,14-15H2,1-2H3,(H,34,41)/t22-,31-/m0/s1. The molecule has 3 aliphatic heterocycles. The van der Waals surface area contributed by atoms with Crippen molar-refractivity contribution in [1.29, 1.82) is 0 Å². The lowest BCUT2D eigenvalue weighted by Gasteiger charge is -2.36. The molecule has 11 nitrogen and oxygen atoms in total. The molecule has 0 radical (unpaired) electrons. The van der Waals surface area contributed by atoms with E-state index in [0.717, 1.165) is 22.1 Å². The van der Waals surface area contributed by atoms with Gasteiger partial charge in [-0.05, 0) is 48.9 Å². The fraction of sp³-hybridized carbons (Fsp3) is 0.484. The van der Waals surface area contributed by atoms with Gasteiger partial charge in [0.1, 0.15) is 12.4 Å². The number of β-amino-alcohol motifs (C(OH)–C–C–N with tert-alkyl or cyclic N) is 1. The van der Waals surface area contributed by atoms with Crippen molar-refractivity contribution in [1.82, 2.24) is 24.7 Å². The lowest BCUT2D eigenvalue weighted by atomic mass is 9.81. The molecular formula is C31H34FN5O6. The lowest BCUT2D eigenvalue weighted by Crippen LogP contribution is -2.52. The van der Waals surface area contributed by atoms with E-state index < -0.39 is 17.6 Å². The minimum Gasteiger partial charge on any atom is -0.458 e. The Morgan fingerprint density at radius 3 is 2.67 bits per heavy atom. The molecule has 2 atom stereocenters. The monoisotopic (exact) mass is 591 g/mol. The number of halogens is 1. The van der Waals surface area contributed by atoms with E-state index in [2.05, 4.69) is 10.2 Å². The first-order valence-electron chi connectivity index (χ1n) is 14.9. The van der Waals surface area contributed by atoms with Crippen LogP contribution in [0.25, 0.3) is 22.3 Å². The molecule has 0 unspecified atom stereocenters. The number of aliphatic hydroxyl groups excluding tert-OH is 1. The van der Waals surface area contributed by atoms with Crippen LogP contribution in [0.5, 0.6) is 0 Å². The number of aliphatic hydroxyl groups is 2. The van der Waals surface area contributed by atoms with Crippen molar-refractivity contribution in [2.75, 3.05) is 39.3 Å². The Hall–Kier alpha value is -3.87. The summed E-state index contributed by atoms with van der Waals surface area (Å²) < 4.78 is 21.9. The molecule has 43 heavy (non-hydrogen) atoms. The number of ether oxygens (including phenoxy) is 1. The maximum atomic E-state index is 15.1. The molecule has 1 aliphatic carbocycles. The normalized spacial score (nSPS) is 22.7. The van der Waals surface area contributed by atoms with Gasteiger partial charge in [-0.2, -0.15) is 0 Å². The van der Waals surface area contributed by atoms with Crippen LogP contribution in [-0.4, -0.2) is 80.9 Å². The first-order chi connectivity index (χ1) is 20.7. The van der Waals surface area contributed by atoms with E-state index in [9.17, 15) is 24.6 Å². The second kappa shape index (κ2) is 10.1. The summed E-state index contributed by atoms with van der Waals surface area (Å²) in [7, 11) is 0. The van der Waals surface area contributed by atoms with Gasteiger partial charge in [0.25, 0.3) is 5.56 Å². The van der Waals surface area contributed by atoms with Crippen molar-refractivity contribution in [2.24, 2.45) is 0 Å². The molecule has 1 fully saturated rings. The molecule has 0 saturated carbocycles. The number of piperazine rings is 1. The fourth-order valence-corrected chi connectivity index (χ4v) is 7.26. The molecule has 12 heteroatoms. The van der Waals surface area contributed by atoms with Crippen LogP contribution in [0.2, 0.25) is 0 Å². The van der Waals surface area contributed by atoms with E-state index in [-0.39, 0.29) is 54.7 Å². The number of hydrogen-bond acceptors (Lipinski definition) is 8. The van der Waals surface area contributed by atoms with Crippen molar-refractivity contribution in [3.05, 3.63) is 61.7 Å². The van der Waals surface area contributed by atoms with E-state index in [1.807, 2.05) is 0 Å². The van der Waals surface area contributed by atoms with Crippen LogP contribution in [0.3, 0.4) is 0 Å². The predicted octanol–water partition coefficient (Wildman–Crippen LogP) is 1.83. The fourth-order valence-electron chi connectivity index (χ4n) is 7.26. The number of hydrogen-bond donors (Lipinski definition) is 3. The summed E-state index contributed by atoms with van der Waals surface area (Å²) in [6.07, 6.45) is 1.15. The number of aromatic nitrogens is 2. The zero-order chi connectivity index (χ0) is 30.2. The van der Waals surface area contributed by atoms with Crippen LogP contribution < -0.4 is 10.9 Å². The van der Waals surface area contributed by atoms with Gasteiger partial charge in [-0.15, -0.1) is 0 Å². The number of benzene rings is 1. The maximum absolute atomic E-state index is 15.1. The van der Waals surface area contributed by atoms with Crippen molar-refractivity contribution in [2.45, 2.75) is 57.9 Å². The Morgan fingerprint density at radius 2 is 1.95 bits per heavy atom. The summed E-state index contributed by atoms with van der Waals surface area (Å²) in [6.45, 7) is 6.44. The first-order valence-corrected chi connectivity index (χ1v) is 14.9. The van der Waals surface area contributed by atoms with Gasteiger partial charge in [-0.3, -0.25) is 9.69 Å². The molecule has 2 amide bonds. The summed E-state index contributed by atoms with van der Waals surface area (Å²) in [5, 5.41) is 24.5. The third-order valence-electron chi connectivity index (χ3n) is 9.75. The summed E-state index contributed by atoms with van der Waals surface area (Å²) in [4.78, 5) is 48.6. The smallest absolute Gasteiger partial charge is 0.343 e. The van der Waals surface area contributed by atoms with Crippen LogP contribution in [0.15, 0.2) is 16.9 Å². The van der Waals surface area contributed by atoms with Crippen LogP contribution in [0.4, 0.5) is 9.18 Å². The van der Waals surface area contributed by atoms with Crippen LogP contribution in [-0.2, 0) is 34.7 Å². The number of pyridine rings is 2. The highest BCUT2D eigenvalue weighted by molar-refractivity contribution is 5.94. The van der Waals surface area contributed by atoms with Gasteiger partial charge in [0.2, 0.25) is 0 Å². The zero-order valence-electron chi connectivity index (χ0n) is 24.2. The Kier molecular flexibility index (Phi) is 6.56. The molecule has 4 aliphatic rings. The highest BCUT2D eigenvalue weighted by Crippen LogP contribution is 2.46. The minimum absolute atomic E-state index is 0.0290. The topological polar surface area (TPSA) is 137 Å². The highest BCUT2D eigenvalue weighted by atomic mass is 19.1. The number of nitrogens with one attached hydrogen (secondary N) is 1. The van der Waals surface area contributed by atoms with Gasteiger partial charge in [0, 0.05) is 55.3 Å². The number of esters is 1. The van der Waals surface area contributed by atoms with Crippen molar-refractivity contribution in [3.8, 4) is 11.4 Å². The van der Waals surface area contributed by atoms with Crippen LogP contribution >= 0.6 is 0 Å². The predicted molar refractivity (Wildman–Crippen MR) is 154 cm³/mol. The first kappa shape index (κ1) is 27.9. The molecule has 226 valence electrons. The Labute approximate surface area is 246 Å². The van der Waals surface area contributed by atoms with Gasteiger partial charge in [-0.25, -0.2) is 19.0 Å². The summed E-state index contributed by atoms with van der Waals surface area (Å²) >= 11 is 0. The van der Waals surface area contributed by atoms with Crippen LogP contribution in [0, 0.1) is 12.7 Å². The number of rotatable bonds is 4. The number of carbonyl (C=O) groups is 2. The van der Waals surface area contributed by atoms with Gasteiger partial charge in [0.05, 0.1) is 41.7 Å². The number of carbonyl (C=O) groups excluding carboxylic acids is 2. The maximum Gasteiger partial charge on any atom is 0.343 e. The van der Waals surface area contributed by atoms with Crippen molar-refractivity contribution < 1.29 is 28.9 Å². The minimum atomic E-state index is -1.95. The van der Waals surface area contributed by atoms with Crippen molar-refractivity contribution in [3.63, 3.8) is 0 Å². The number of fused-ring (bicyclic) bond motifs is 5. The molecule has 3 aromatic rings. The summed E-state index contributed by atoms with van der Waals surface area (Å²) in [5.41, 5.74) is 2.47. The number of cyclic esters (lactones) is 1. The molecule has 5 heterocycles. The van der Waals surface area contributed by atoms with E-state index in [1.54, 1.807) is 29.4 Å². The Balaban J connectivity index is 1.35. The molecule has 3 N–H and O–H groups in total. The van der Waals surface area contributed by atoms with E-state index in [1.165, 1.54) is 6.07 Å². The molecular weight excluding hydrogens is 557 g/mol. The van der Waals surface area contributed by atoms with Gasteiger partial charge >= 0.3 is 12.0 Å². The number of amides is 2. The molecule has 0 spiro atoms. The summed E-state index contributed by atoms with van der Waals surface area (Å²) in [6, 6.07) is 2.46. The third-order valence-corrected chi connectivity index (χ3v) is 9.75. The number of aryl methyl sites for hydroxylation is 1. The summed E-state index contributed by atoms with van der Waals surface area (Å²) in [5.74, 6) is -1.16. The average Bonchev–Trinajstić information content (AvgIpc) is 3.37. The largest absolute Gasteiger partial charge is 0.458 e. The number of nitrogens with zero attached hydrogens (tertiary/aromatic N) is 4. The lowest BCUT2D eigenvalue weighted by molar-refractivity contribution is -0.172. The zero-order valence-corrected chi connectivity index (χ0v) is 24.2. The van der Waals surface area contributed by atoms with Crippen molar-refractivity contribution >= 4 is 22.9 Å². The molecule has 2 aromatic heterocycles. The van der Waals surface area contributed by atoms with E-state index >= 15 is 4.39 Å². The third kappa shape index (κ3) is 4.10. The average molecular weight is 592 g/mol.